The van der Waals surface area contributed by atoms with Gasteiger partial charge in [0.25, 0.3) is 0 Å². The van der Waals surface area contributed by atoms with E-state index in [1.165, 1.54) is 5.56 Å². The highest BCUT2D eigenvalue weighted by atomic mass is 32.1. The largest absolute Gasteiger partial charge is 0.369 e. The lowest BCUT2D eigenvalue weighted by Gasteiger charge is -2.18. The number of hydrogen-bond donors (Lipinski definition) is 1. The molecule has 24 heavy (non-hydrogen) atoms. The first-order chi connectivity index (χ1) is 11.6. The third-order valence-corrected chi connectivity index (χ3v) is 5.49. The highest BCUT2D eigenvalue weighted by Gasteiger charge is 2.29. The number of thiophene rings is 1. The summed E-state index contributed by atoms with van der Waals surface area (Å²) in [6, 6.07) is 8.48. The van der Waals surface area contributed by atoms with Crippen molar-refractivity contribution in [3.8, 4) is 11.1 Å². The second-order valence-corrected chi connectivity index (χ2v) is 7.08. The molecule has 1 aromatic carbocycles. The second-order valence-electron chi connectivity index (χ2n) is 6.23. The number of benzene rings is 1. The van der Waals surface area contributed by atoms with Crippen LogP contribution in [0.2, 0.25) is 0 Å². The minimum Gasteiger partial charge on any atom is -0.369 e. The van der Waals surface area contributed by atoms with Crippen molar-refractivity contribution in [3.63, 3.8) is 0 Å². The summed E-state index contributed by atoms with van der Waals surface area (Å²) in [5, 5.41) is 3.20. The zero-order valence-corrected chi connectivity index (χ0v) is 14.2. The zero-order chi connectivity index (χ0) is 16.7. The average Bonchev–Trinajstić information content (AvgIpc) is 3.22. The Balaban J connectivity index is 1.81. The maximum Gasteiger partial charge on any atom is 0.222 e. The third kappa shape index (κ3) is 2.53. The molecule has 0 spiro atoms. The Morgan fingerprint density at radius 1 is 1.29 bits per heavy atom. The van der Waals surface area contributed by atoms with Gasteiger partial charge >= 0.3 is 0 Å². The molecular weight excluding hydrogens is 320 g/mol. The van der Waals surface area contributed by atoms with Gasteiger partial charge in [-0.2, -0.15) is 0 Å². The standard InChI is InChI=1S/C18H18N4OS/c1-11-2-4-12(5-3-11)14-9-24-18-15(14)17(20-10-21-18)22-7-6-13(8-22)16(19)23/h2-5,9-10,13H,6-8H2,1H3,(H2,19,23)/t13-/m1/s1. The van der Waals surface area contributed by atoms with Crippen molar-refractivity contribution < 1.29 is 4.79 Å². The highest BCUT2D eigenvalue weighted by Crippen LogP contribution is 2.39. The molecule has 122 valence electrons. The van der Waals surface area contributed by atoms with Crippen molar-refractivity contribution in [1.82, 2.24) is 9.97 Å². The molecule has 1 aliphatic heterocycles. The molecule has 2 aromatic heterocycles. The molecule has 0 aliphatic carbocycles. The predicted octanol–water partition coefficient (Wildman–Crippen LogP) is 2.98. The Bertz CT molecular complexity index is 903. The van der Waals surface area contributed by atoms with Crippen molar-refractivity contribution >= 4 is 33.3 Å². The van der Waals surface area contributed by atoms with Gasteiger partial charge in [0.15, 0.2) is 0 Å². The first kappa shape index (κ1) is 15.1. The number of fused-ring (bicyclic) bond motifs is 1. The number of primary amides is 1. The van der Waals surface area contributed by atoms with Gasteiger partial charge in [0.1, 0.15) is 17.0 Å². The summed E-state index contributed by atoms with van der Waals surface area (Å²) in [5.74, 6) is 0.573. The van der Waals surface area contributed by atoms with E-state index in [0.29, 0.717) is 6.54 Å². The SMILES string of the molecule is Cc1ccc(-c2csc3ncnc(N4CC[C@@H](C(N)=O)C4)c23)cc1. The van der Waals surface area contributed by atoms with Gasteiger partial charge in [0.2, 0.25) is 5.91 Å². The van der Waals surface area contributed by atoms with Crippen molar-refractivity contribution in [1.29, 1.82) is 0 Å². The smallest absolute Gasteiger partial charge is 0.222 e. The van der Waals surface area contributed by atoms with Gasteiger partial charge in [0, 0.05) is 24.0 Å². The number of rotatable bonds is 3. The van der Waals surface area contributed by atoms with E-state index in [4.69, 9.17) is 5.73 Å². The van der Waals surface area contributed by atoms with Gasteiger partial charge in [-0.15, -0.1) is 11.3 Å². The summed E-state index contributed by atoms with van der Waals surface area (Å²) in [7, 11) is 0. The molecule has 3 heterocycles. The van der Waals surface area contributed by atoms with Crippen LogP contribution in [0.5, 0.6) is 0 Å². The van der Waals surface area contributed by atoms with Crippen molar-refractivity contribution in [3.05, 3.63) is 41.5 Å². The molecule has 2 N–H and O–H groups in total. The first-order valence-corrected chi connectivity index (χ1v) is 8.85. The van der Waals surface area contributed by atoms with Gasteiger partial charge in [-0.25, -0.2) is 9.97 Å². The van der Waals surface area contributed by atoms with Gasteiger partial charge < -0.3 is 10.6 Å². The number of anilines is 1. The van der Waals surface area contributed by atoms with E-state index in [0.717, 1.165) is 40.1 Å². The van der Waals surface area contributed by atoms with Crippen molar-refractivity contribution in [2.24, 2.45) is 11.7 Å². The fourth-order valence-corrected chi connectivity index (χ4v) is 4.14. The molecule has 1 atom stereocenters. The molecule has 0 bridgehead atoms. The van der Waals surface area contributed by atoms with Gasteiger partial charge in [-0.3, -0.25) is 4.79 Å². The number of nitrogens with two attached hydrogens (primary N) is 1. The Hall–Kier alpha value is -2.47. The number of aromatic nitrogens is 2. The average molecular weight is 338 g/mol. The van der Waals surface area contributed by atoms with Crippen LogP contribution in [0.25, 0.3) is 21.3 Å². The van der Waals surface area contributed by atoms with E-state index < -0.39 is 0 Å². The minimum absolute atomic E-state index is 0.100. The summed E-state index contributed by atoms with van der Waals surface area (Å²) in [5.41, 5.74) is 9.01. The topological polar surface area (TPSA) is 72.1 Å². The first-order valence-electron chi connectivity index (χ1n) is 7.97. The number of carbonyl (C=O) groups excluding carboxylic acids is 1. The summed E-state index contributed by atoms with van der Waals surface area (Å²) >= 11 is 1.62. The van der Waals surface area contributed by atoms with Gasteiger partial charge in [0.05, 0.1) is 11.3 Å². The summed E-state index contributed by atoms with van der Waals surface area (Å²) in [6.07, 6.45) is 2.38. The Morgan fingerprint density at radius 3 is 2.79 bits per heavy atom. The van der Waals surface area contributed by atoms with E-state index in [9.17, 15) is 4.79 Å². The molecule has 1 fully saturated rings. The molecule has 1 amide bonds. The second kappa shape index (κ2) is 5.87. The molecule has 1 saturated heterocycles. The maximum absolute atomic E-state index is 11.5. The fraction of sp³-hybridized carbons (Fsp3) is 0.278. The van der Waals surface area contributed by atoms with E-state index in [1.54, 1.807) is 17.7 Å². The van der Waals surface area contributed by atoms with Gasteiger partial charge in [-0.05, 0) is 18.9 Å². The van der Waals surface area contributed by atoms with Crippen LogP contribution >= 0.6 is 11.3 Å². The molecule has 5 nitrogen and oxygen atoms in total. The van der Waals surface area contributed by atoms with Crippen molar-refractivity contribution in [2.75, 3.05) is 18.0 Å². The summed E-state index contributed by atoms with van der Waals surface area (Å²) in [4.78, 5) is 23.6. The predicted molar refractivity (Wildman–Crippen MR) is 97.1 cm³/mol. The minimum atomic E-state index is -0.230. The summed E-state index contributed by atoms with van der Waals surface area (Å²) < 4.78 is 0. The number of nitrogens with zero attached hydrogens (tertiary/aromatic N) is 3. The molecule has 0 saturated carbocycles. The molecule has 0 radical (unpaired) electrons. The fourth-order valence-electron chi connectivity index (χ4n) is 3.23. The summed E-state index contributed by atoms with van der Waals surface area (Å²) in [6.45, 7) is 3.51. The van der Waals surface area contributed by atoms with E-state index >= 15 is 0 Å². The normalized spacial score (nSPS) is 17.5. The lowest BCUT2D eigenvalue weighted by Crippen LogP contribution is -2.27. The maximum atomic E-state index is 11.5. The highest BCUT2D eigenvalue weighted by molar-refractivity contribution is 7.17. The Morgan fingerprint density at radius 2 is 2.08 bits per heavy atom. The van der Waals surface area contributed by atoms with Crippen LogP contribution in [0.4, 0.5) is 5.82 Å². The van der Waals surface area contributed by atoms with Gasteiger partial charge in [-0.1, -0.05) is 29.8 Å². The number of aryl methyl sites for hydroxylation is 1. The monoisotopic (exact) mass is 338 g/mol. The lowest BCUT2D eigenvalue weighted by atomic mass is 10.0. The van der Waals surface area contributed by atoms with Crippen LogP contribution in [0, 0.1) is 12.8 Å². The van der Waals surface area contributed by atoms with Crippen LogP contribution in [-0.4, -0.2) is 29.0 Å². The van der Waals surface area contributed by atoms with Crippen LogP contribution in [0.1, 0.15) is 12.0 Å². The third-order valence-electron chi connectivity index (χ3n) is 4.60. The van der Waals surface area contributed by atoms with Crippen LogP contribution in [0.15, 0.2) is 36.0 Å². The number of hydrogen-bond acceptors (Lipinski definition) is 5. The molecule has 1 aliphatic rings. The number of amides is 1. The molecular formula is C18H18N4OS. The van der Waals surface area contributed by atoms with E-state index in [2.05, 4.69) is 51.4 Å². The molecule has 4 rings (SSSR count). The number of carbonyl (C=O) groups is 1. The van der Waals surface area contributed by atoms with Crippen LogP contribution in [-0.2, 0) is 4.79 Å². The quantitative estimate of drug-likeness (QED) is 0.797. The van der Waals surface area contributed by atoms with Crippen LogP contribution in [0.3, 0.4) is 0 Å². The molecule has 3 aromatic rings. The Kier molecular flexibility index (Phi) is 3.69. The molecule has 6 heteroatoms. The van der Waals surface area contributed by atoms with Crippen molar-refractivity contribution in [2.45, 2.75) is 13.3 Å². The Labute approximate surface area is 144 Å². The lowest BCUT2D eigenvalue weighted by molar-refractivity contribution is -0.121. The zero-order valence-electron chi connectivity index (χ0n) is 13.4. The van der Waals surface area contributed by atoms with E-state index in [-0.39, 0.29) is 11.8 Å². The van der Waals surface area contributed by atoms with Crippen LogP contribution < -0.4 is 10.6 Å². The van der Waals surface area contributed by atoms with E-state index in [1.807, 2.05) is 0 Å². The molecule has 0 unspecified atom stereocenters.